The van der Waals surface area contributed by atoms with Gasteiger partial charge in [0, 0.05) is 30.6 Å². The molecule has 2 fully saturated rings. The number of carbonyl (C=O) groups is 2. The summed E-state index contributed by atoms with van der Waals surface area (Å²) in [6, 6.07) is 1.25. The number of anilines is 1. The Morgan fingerprint density at radius 3 is 2.65 bits per heavy atom. The minimum atomic E-state index is -1.12. The summed E-state index contributed by atoms with van der Waals surface area (Å²) in [5.74, 6) is 1.41. The van der Waals surface area contributed by atoms with Crippen LogP contribution in [0.2, 0.25) is 0 Å². The van der Waals surface area contributed by atoms with Gasteiger partial charge in [0.2, 0.25) is 0 Å². The van der Waals surface area contributed by atoms with Crippen molar-refractivity contribution in [3.05, 3.63) is 28.8 Å². The number of fused-ring (bicyclic) bond motifs is 1. The summed E-state index contributed by atoms with van der Waals surface area (Å²) in [7, 11) is 0. The number of carbonyl (C=O) groups excluding carboxylic acids is 2. The van der Waals surface area contributed by atoms with Gasteiger partial charge in [-0.3, -0.25) is 9.59 Å². The fourth-order valence-corrected chi connectivity index (χ4v) is 4.11. The maximum Gasteiger partial charge on any atom is 0.318 e. The monoisotopic (exact) mass is 432 g/mol. The van der Waals surface area contributed by atoms with Crippen molar-refractivity contribution in [2.45, 2.75) is 65.0 Å². The van der Waals surface area contributed by atoms with Crippen molar-refractivity contribution in [3.8, 4) is 11.8 Å². The number of esters is 1. The lowest BCUT2D eigenvalue weighted by Gasteiger charge is -2.35. The van der Waals surface area contributed by atoms with Crippen LogP contribution in [0.3, 0.4) is 0 Å². The highest BCUT2D eigenvalue weighted by Gasteiger charge is 2.44. The first-order valence-electron chi connectivity index (χ1n) is 11.2. The molecule has 1 aliphatic carbocycles. The molecule has 0 aromatic heterocycles. The quantitative estimate of drug-likeness (QED) is 0.445. The van der Waals surface area contributed by atoms with Crippen LogP contribution in [0, 0.1) is 29.4 Å². The number of halogens is 2. The van der Waals surface area contributed by atoms with Crippen molar-refractivity contribution in [2.24, 2.45) is 5.92 Å². The molecule has 2 aliphatic heterocycles. The molecule has 5 nitrogen and oxygen atoms in total. The predicted molar refractivity (Wildman–Crippen MR) is 115 cm³/mol. The van der Waals surface area contributed by atoms with Gasteiger partial charge >= 0.3 is 5.97 Å². The highest BCUT2D eigenvalue weighted by molar-refractivity contribution is 6.14. The Balaban J connectivity index is 0.00000132. The Morgan fingerprint density at radius 1 is 1.29 bits per heavy atom. The van der Waals surface area contributed by atoms with Gasteiger partial charge < -0.3 is 15.0 Å². The number of nitrogens with one attached hydrogen (secondary N) is 1. The van der Waals surface area contributed by atoms with Gasteiger partial charge in [-0.2, -0.15) is 0 Å². The topological polar surface area (TPSA) is 58.6 Å². The van der Waals surface area contributed by atoms with Gasteiger partial charge in [-0.1, -0.05) is 25.7 Å². The molecule has 1 saturated heterocycles. The van der Waals surface area contributed by atoms with E-state index in [4.69, 9.17) is 4.74 Å². The summed E-state index contributed by atoms with van der Waals surface area (Å²) in [6.45, 7) is 6.87. The van der Waals surface area contributed by atoms with Crippen LogP contribution >= 0.6 is 0 Å². The zero-order valence-electron chi connectivity index (χ0n) is 18.4. The van der Waals surface area contributed by atoms with Gasteiger partial charge in [0.05, 0.1) is 17.9 Å². The van der Waals surface area contributed by atoms with Crippen molar-refractivity contribution < 1.29 is 23.1 Å². The lowest BCUT2D eigenvalue weighted by atomic mass is 9.88. The highest BCUT2D eigenvalue weighted by Crippen LogP contribution is 2.42. The molecule has 0 radical (unpaired) electrons. The first-order chi connectivity index (χ1) is 15.0. The summed E-state index contributed by atoms with van der Waals surface area (Å²) in [6.07, 6.45) is 4.37. The molecule has 0 spiro atoms. The number of Topliss-reactive ketones (excluding diaryl/α,β-unsaturated/α-hetero) is 1. The maximum atomic E-state index is 14.7. The van der Waals surface area contributed by atoms with Gasteiger partial charge in [0.25, 0.3) is 0 Å². The Bertz CT molecular complexity index is 896. The van der Waals surface area contributed by atoms with Gasteiger partial charge in [-0.15, -0.1) is 0 Å². The highest BCUT2D eigenvalue weighted by atomic mass is 19.2. The van der Waals surface area contributed by atoms with Gasteiger partial charge in [0.15, 0.2) is 17.4 Å². The Morgan fingerprint density at radius 2 is 2.03 bits per heavy atom. The molecule has 1 N–H and O–H groups in total. The van der Waals surface area contributed by atoms with Crippen molar-refractivity contribution in [1.82, 2.24) is 5.32 Å². The molecule has 1 saturated carbocycles. The number of rotatable bonds is 4. The summed E-state index contributed by atoms with van der Waals surface area (Å²) in [5.41, 5.74) is 0.257. The molecule has 0 amide bonds. The Kier molecular flexibility index (Phi) is 7.66. The van der Waals surface area contributed by atoms with E-state index in [0.29, 0.717) is 12.1 Å². The van der Waals surface area contributed by atoms with E-state index >= 15 is 0 Å². The van der Waals surface area contributed by atoms with E-state index in [2.05, 4.69) is 17.2 Å². The molecule has 2 atom stereocenters. The second kappa shape index (κ2) is 10.2. The fourth-order valence-electron chi connectivity index (χ4n) is 4.11. The molecule has 168 valence electrons. The SMILES string of the molecule is CC.CCOC(=O)C1CN(C2CC2)c2c(cc(F)c(F)c2C#CCC2CCCN2)C1=O. The van der Waals surface area contributed by atoms with E-state index in [0.717, 1.165) is 38.3 Å². The molecule has 3 aliphatic rings. The molecule has 1 aromatic rings. The Hall–Kier alpha value is -2.46. The summed E-state index contributed by atoms with van der Waals surface area (Å²) >= 11 is 0. The third-order valence-electron chi connectivity index (χ3n) is 5.72. The molecule has 7 heteroatoms. The predicted octanol–water partition coefficient (Wildman–Crippen LogP) is 3.83. The summed E-state index contributed by atoms with van der Waals surface area (Å²) < 4.78 is 34.1. The molecule has 2 heterocycles. The number of ether oxygens (including phenoxy) is 1. The van der Waals surface area contributed by atoms with Crippen LogP contribution in [0.25, 0.3) is 0 Å². The van der Waals surface area contributed by atoms with E-state index < -0.39 is 29.3 Å². The van der Waals surface area contributed by atoms with E-state index in [1.54, 1.807) is 6.92 Å². The van der Waals surface area contributed by atoms with E-state index in [1.807, 2.05) is 18.7 Å². The zero-order valence-corrected chi connectivity index (χ0v) is 18.4. The van der Waals surface area contributed by atoms with Crippen LogP contribution in [0.5, 0.6) is 0 Å². The Labute approximate surface area is 182 Å². The zero-order chi connectivity index (χ0) is 22.5. The lowest BCUT2D eigenvalue weighted by Crippen LogP contribution is -2.45. The first kappa shape index (κ1) is 23.2. The van der Waals surface area contributed by atoms with Crippen molar-refractivity contribution in [2.75, 3.05) is 24.6 Å². The smallest absolute Gasteiger partial charge is 0.318 e. The number of benzene rings is 1. The van der Waals surface area contributed by atoms with E-state index in [9.17, 15) is 18.4 Å². The van der Waals surface area contributed by atoms with Crippen LogP contribution in [-0.2, 0) is 9.53 Å². The minimum Gasteiger partial charge on any atom is -0.465 e. The molecule has 0 bridgehead atoms. The van der Waals surface area contributed by atoms with Crippen LogP contribution in [0.4, 0.5) is 14.5 Å². The summed E-state index contributed by atoms with van der Waals surface area (Å²) in [5, 5.41) is 3.32. The number of nitrogens with zero attached hydrogens (tertiary/aromatic N) is 1. The van der Waals surface area contributed by atoms with Crippen LogP contribution in [-0.4, -0.2) is 43.5 Å². The molecular weight excluding hydrogens is 402 g/mol. The third kappa shape index (κ3) is 4.90. The molecule has 1 aromatic carbocycles. The second-order valence-corrected chi connectivity index (χ2v) is 7.80. The minimum absolute atomic E-state index is 0.0170. The average molecular weight is 433 g/mol. The number of hydrogen-bond acceptors (Lipinski definition) is 5. The normalized spacial score (nSPS) is 22.1. The molecular formula is C24H30F2N2O3. The lowest BCUT2D eigenvalue weighted by molar-refractivity contribution is -0.145. The number of ketones is 1. The van der Waals surface area contributed by atoms with E-state index in [-0.39, 0.29) is 36.4 Å². The molecule has 2 unspecified atom stereocenters. The largest absolute Gasteiger partial charge is 0.465 e. The van der Waals surface area contributed by atoms with Crippen molar-refractivity contribution in [1.29, 1.82) is 0 Å². The van der Waals surface area contributed by atoms with Crippen molar-refractivity contribution in [3.63, 3.8) is 0 Å². The number of hydrogen-bond donors (Lipinski definition) is 1. The first-order valence-corrected chi connectivity index (χ1v) is 11.2. The third-order valence-corrected chi connectivity index (χ3v) is 5.72. The molecule has 4 rings (SSSR count). The van der Waals surface area contributed by atoms with Gasteiger partial charge in [-0.05, 0) is 45.2 Å². The van der Waals surface area contributed by atoms with Gasteiger partial charge in [-0.25, -0.2) is 8.78 Å². The second-order valence-electron chi connectivity index (χ2n) is 7.80. The van der Waals surface area contributed by atoms with Crippen LogP contribution in [0.15, 0.2) is 6.07 Å². The summed E-state index contributed by atoms with van der Waals surface area (Å²) in [4.78, 5) is 27.1. The maximum absolute atomic E-state index is 14.7. The van der Waals surface area contributed by atoms with Crippen molar-refractivity contribution >= 4 is 17.4 Å². The average Bonchev–Trinajstić information content (AvgIpc) is 3.48. The van der Waals surface area contributed by atoms with E-state index in [1.165, 1.54) is 0 Å². The van der Waals surface area contributed by atoms with Crippen LogP contribution in [0.1, 0.15) is 68.8 Å². The molecule has 31 heavy (non-hydrogen) atoms. The van der Waals surface area contributed by atoms with Crippen LogP contribution < -0.4 is 10.2 Å². The standard InChI is InChI=1S/C22H24F2N2O3.C2H6/c1-2-29-22(28)17-12-26(14-8-9-14)20-15(7-3-5-13-6-4-10-25-13)19(24)18(23)11-16(20)21(17)27;1-2/h11,13-14,17,25H,2,4-6,8-10,12H2,1H3;1-2H3. The van der Waals surface area contributed by atoms with Gasteiger partial charge in [0.1, 0.15) is 5.92 Å². The fraction of sp³-hybridized carbons (Fsp3) is 0.583.